The largest absolute Gasteiger partial charge is 0.398 e. The molecule has 0 saturated carbocycles. The minimum absolute atomic E-state index is 0.135. The molecule has 2 bridgehead atoms. The van der Waals surface area contributed by atoms with Crippen molar-refractivity contribution in [1.82, 2.24) is 0 Å². The van der Waals surface area contributed by atoms with Gasteiger partial charge >= 0.3 is 0 Å². The van der Waals surface area contributed by atoms with Crippen molar-refractivity contribution >= 4 is 69.5 Å². The van der Waals surface area contributed by atoms with Crippen LogP contribution in [0.1, 0.15) is 96.5 Å². The highest BCUT2D eigenvalue weighted by atomic mass is 15.2. The van der Waals surface area contributed by atoms with Crippen molar-refractivity contribution in [2.45, 2.75) is 58.8 Å². The molecule has 4 N–H and O–H groups in total. The van der Waals surface area contributed by atoms with E-state index in [2.05, 4.69) is 242 Å². The van der Waals surface area contributed by atoms with Crippen molar-refractivity contribution < 1.29 is 0 Å². The van der Waals surface area contributed by atoms with E-state index in [9.17, 15) is 0 Å². The van der Waals surface area contributed by atoms with Gasteiger partial charge in [-0.15, -0.1) is 0 Å². The number of benzene rings is 7. The van der Waals surface area contributed by atoms with E-state index in [1.165, 1.54) is 88.9 Å². The molecule has 0 spiro atoms. The SMILES string of the molecule is Bc1c2cc3c(c1N(/C(C)=C/C=C\C(=C\C)c1ccccc1C)c1cc(/C=C\C=C/C(CN)c4ccccc4)ccc1C1=C(c4cc5ccccc5cc4N)CCC=C12)-c1ccccc1C3(C)C. The summed E-state index contributed by atoms with van der Waals surface area (Å²) in [6, 6.07) is 50.8. The maximum absolute atomic E-state index is 7.15. The lowest BCUT2D eigenvalue weighted by Crippen LogP contribution is -2.30. The van der Waals surface area contributed by atoms with Gasteiger partial charge in [0, 0.05) is 51.6 Å². The first-order valence-corrected chi connectivity index (χ1v) is 24.2. The number of hydrogen-bond acceptors (Lipinski definition) is 3. The Labute approximate surface area is 404 Å². The number of nitrogens with zero attached hydrogens (tertiary/aromatic N) is 1. The molecule has 1 atom stereocenters. The van der Waals surface area contributed by atoms with Gasteiger partial charge in [-0.05, 0) is 135 Å². The van der Waals surface area contributed by atoms with Gasteiger partial charge in [-0.2, -0.15) is 0 Å². The minimum atomic E-state index is -0.217. The number of anilines is 3. The molecule has 3 aliphatic rings. The molecule has 0 saturated heterocycles. The van der Waals surface area contributed by atoms with Gasteiger partial charge < -0.3 is 16.4 Å². The summed E-state index contributed by atoms with van der Waals surface area (Å²) in [5, 5.41) is 2.35. The number of fused-ring (bicyclic) bond motifs is 11. The molecule has 0 amide bonds. The molecule has 10 rings (SSSR count). The summed E-state index contributed by atoms with van der Waals surface area (Å²) < 4.78 is 0. The molecular weight excluding hydrogens is 822 g/mol. The molecular formula is C64H60BN3. The third-order valence-corrected chi connectivity index (χ3v) is 14.7. The zero-order valence-electron chi connectivity index (χ0n) is 40.3. The summed E-state index contributed by atoms with van der Waals surface area (Å²) in [6.07, 6.45) is 22.0. The lowest BCUT2D eigenvalue weighted by molar-refractivity contribution is 0.660. The number of allylic oxidation sites excluding steroid dienone is 12. The summed E-state index contributed by atoms with van der Waals surface area (Å²) in [5.74, 6) is 0.135. The van der Waals surface area contributed by atoms with Gasteiger partial charge in [-0.25, -0.2) is 0 Å². The molecule has 0 radical (unpaired) electrons. The molecule has 68 heavy (non-hydrogen) atoms. The molecule has 7 aromatic carbocycles. The van der Waals surface area contributed by atoms with Crippen LogP contribution in [0.4, 0.5) is 17.1 Å². The Bertz CT molecular complexity index is 3350. The van der Waals surface area contributed by atoms with Crippen LogP contribution in [-0.2, 0) is 5.41 Å². The summed E-state index contributed by atoms with van der Waals surface area (Å²) in [7, 11) is 2.35. The van der Waals surface area contributed by atoms with Crippen LogP contribution in [0.25, 0.3) is 50.3 Å². The molecule has 1 unspecified atom stereocenters. The van der Waals surface area contributed by atoms with Crippen molar-refractivity contribution in [3.8, 4) is 11.1 Å². The molecule has 3 nitrogen and oxygen atoms in total. The maximum Gasteiger partial charge on any atom is 0.142 e. The fraction of sp³-hybridized carbons (Fsp3) is 0.156. The molecule has 2 aliphatic carbocycles. The Morgan fingerprint density at radius 3 is 2.28 bits per heavy atom. The molecule has 1 heterocycles. The van der Waals surface area contributed by atoms with E-state index in [1.807, 2.05) is 0 Å². The minimum Gasteiger partial charge on any atom is -0.398 e. The van der Waals surface area contributed by atoms with Crippen LogP contribution in [0.3, 0.4) is 0 Å². The molecule has 0 fully saturated rings. The predicted octanol–water partition coefficient (Wildman–Crippen LogP) is 14.4. The van der Waals surface area contributed by atoms with Gasteiger partial charge in [0.1, 0.15) is 7.85 Å². The summed E-state index contributed by atoms with van der Waals surface area (Å²) in [5.41, 5.74) is 37.5. The summed E-state index contributed by atoms with van der Waals surface area (Å²) in [6.45, 7) is 11.9. The quantitative estimate of drug-likeness (QED) is 0.0817. The van der Waals surface area contributed by atoms with Gasteiger partial charge in [-0.1, -0.05) is 189 Å². The van der Waals surface area contributed by atoms with Crippen LogP contribution in [-0.4, -0.2) is 14.4 Å². The second kappa shape index (κ2) is 18.4. The zero-order valence-corrected chi connectivity index (χ0v) is 40.3. The first-order valence-electron chi connectivity index (χ1n) is 24.2. The average molecular weight is 882 g/mol. The van der Waals surface area contributed by atoms with Crippen molar-refractivity contribution in [2.24, 2.45) is 5.73 Å². The van der Waals surface area contributed by atoms with Gasteiger partial charge in [0.25, 0.3) is 0 Å². The van der Waals surface area contributed by atoms with Crippen molar-refractivity contribution in [2.75, 3.05) is 17.2 Å². The molecule has 0 aromatic heterocycles. The van der Waals surface area contributed by atoms with Gasteiger partial charge in [0.15, 0.2) is 0 Å². The Hall–Kier alpha value is -7.40. The Morgan fingerprint density at radius 1 is 0.765 bits per heavy atom. The molecule has 1 aliphatic heterocycles. The second-order valence-electron chi connectivity index (χ2n) is 19.1. The zero-order chi connectivity index (χ0) is 47.1. The van der Waals surface area contributed by atoms with Gasteiger partial charge in [-0.3, -0.25) is 0 Å². The van der Waals surface area contributed by atoms with E-state index in [-0.39, 0.29) is 11.3 Å². The first-order chi connectivity index (χ1) is 33.1. The monoisotopic (exact) mass is 881 g/mol. The Kier molecular flexibility index (Phi) is 12.0. The van der Waals surface area contributed by atoms with Crippen molar-refractivity contribution in [3.63, 3.8) is 0 Å². The lowest BCUT2D eigenvalue weighted by Gasteiger charge is -2.38. The van der Waals surface area contributed by atoms with E-state index >= 15 is 0 Å². The summed E-state index contributed by atoms with van der Waals surface area (Å²) in [4.78, 5) is 2.57. The van der Waals surface area contributed by atoms with E-state index in [0.29, 0.717) is 6.54 Å². The number of aryl methyl sites for hydroxylation is 1. The maximum atomic E-state index is 7.15. The highest BCUT2D eigenvalue weighted by molar-refractivity contribution is 6.42. The van der Waals surface area contributed by atoms with E-state index in [1.54, 1.807) is 0 Å². The van der Waals surface area contributed by atoms with Crippen LogP contribution >= 0.6 is 0 Å². The second-order valence-corrected chi connectivity index (χ2v) is 19.1. The topological polar surface area (TPSA) is 55.3 Å². The first kappa shape index (κ1) is 44.4. The normalized spacial score (nSPS) is 15.9. The number of nitrogen functional groups attached to an aromatic ring is 1. The fourth-order valence-corrected chi connectivity index (χ4v) is 11.1. The predicted molar refractivity (Wildman–Crippen MR) is 297 cm³/mol. The third-order valence-electron chi connectivity index (χ3n) is 14.7. The Morgan fingerprint density at radius 2 is 1.50 bits per heavy atom. The van der Waals surface area contributed by atoms with E-state index in [0.717, 1.165) is 46.4 Å². The van der Waals surface area contributed by atoms with Crippen LogP contribution < -0.4 is 21.8 Å². The van der Waals surface area contributed by atoms with Crippen molar-refractivity contribution in [3.05, 3.63) is 244 Å². The highest BCUT2D eigenvalue weighted by Crippen LogP contribution is 2.57. The molecule has 4 heteroatoms. The summed E-state index contributed by atoms with van der Waals surface area (Å²) >= 11 is 0. The smallest absolute Gasteiger partial charge is 0.142 e. The van der Waals surface area contributed by atoms with Gasteiger partial charge in [0.2, 0.25) is 0 Å². The number of hydrogen-bond donors (Lipinski definition) is 2. The standard InChI is InChI=1S/C64H60BN3/c1-6-44(49-29-15-10-20-41(49)2)28-18-21-42(3)68-59-36-43(22-11-12-27-48(40-66)45-23-8-7-9-24-45)34-35-53(59)60-50(54-37-46-25-13-14-26-47(46)38-58(54)67)31-19-32-51(60)55-39-57-61(63(68)62(55)65)52-30-16-17-33-56(52)64(57,4)5/h6-18,20-30,32-39,48H,19,31,40,65-67H2,1-5H3/b22-11-,27-12-,28-18-,42-21+,44-6-. The van der Waals surface area contributed by atoms with E-state index < -0.39 is 0 Å². The number of rotatable bonds is 10. The van der Waals surface area contributed by atoms with Crippen LogP contribution in [0, 0.1) is 6.92 Å². The van der Waals surface area contributed by atoms with Crippen LogP contribution in [0.15, 0.2) is 194 Å². The third kappa shape index (κ3) is 7.83. The molecule has 334 valence electrons. The lowest BCUT2D eigenvalue weighted by atomic mass is 9.71. The van der Waals surface area contributed by atoms with Gasteiger partial charge in [0.05, 0.1) is 5.69 Å². The highest BCUT2D eigenvalue weighted by Gasteiger charge is 2.41. The Balaban J connectivity index is 1.24. The van der Waals surface area contributed by atoms with Crippen LogP contribution in [0.5, 0.6) is 0 Å². The average Bonchev–Trinajstić information content (AvgIpc) is 3.58. The van der Waals surface area contributed by atoms with Crippen molar-refractivity contribution in [1.29, 1.82) is 0 Å². The fourth-order valence-electron chi connectivity index (χ4n) is 11.1. The van der Waals surface area contributed by atoms with E-state index in [4.69, 9.17) is 11.5 Å². The molecule has 7 aromatic rings. The van der Waals surface area contributed by atoms with Crippen LogP contribution in [0.2, 0.25) is 0 Å². The number of nitrogens with two attached hydrogens (primary N) is 2.